The van der Waals surface area contributed by atoms with E-state index in [1.54, 1.807) is 0 Å². The Hall–Kier alpha value is -3.36. The molecule has 1 aromatic rings. The van der Waals surface area contributed by atoms with Crippen molar-refractivity contribution in [3.8, 4) is 12.3 Å². The Kier molecular flexibility index (Phi) is 5.66. The first-order valence-electron chi connectivity index (χ1n) is 6.06. The molecule has 12 heteroatoms. The van der Waals surface area contributed by atoms with Gasteiger partial charge in [-0.05, 0) is 0 Å². The Morgan fingerprint density at radius 2 is 1.71 bits per heavy atom. The molecule has 0 aliphatic carbocycles. The smallest absolute Gasteiger partial charge is 0.365 e. The lowest BCUT2D eigenvalue weighted by Gasteiger charge is -2.11. The van der Waals surface area contributed by atoms with Crippen LogP contribution in [0.15, 0.2) is 12.1 Å². The summed E-state index contributed by atoms with van der Waals surface area (Å²) < 4.78 is 38.1. The molecular weight excluding hydrogens is 337 g/mol. The molecule has 24 heavy (non-hydrogen) atoms. The Balaban J connectivity index is 3.31. The molecular formula is C12H9F3N4O5. The second-order valence-electron chi connectivity index (χ2n) is 4.24. The van der Waals surface area contributed by atoms with E-state index >= 15 is 0 Å². The van der Waals surface area contributed by atoms with Crippen LogP contribution >= 0.6 is 0 Å². The van der Waals surface area contributed by atoms with Crippen LogP contribution in [0.2, 0.25) is 0 Å². The minimum Gasteiger partial charge on any atom is -0.365 e. The monoisotopic (exact) mass is 346 g/mol. The summed E-state index contributed by atoms with van der Waals surface area (Å²) in [6, 6.07) is 0.295. The molecule has 0 saturated heterocycles. The van der Waals surface area contributed by atoms with E-state index in [0.717, 1.165) is 0 Å². The second-order valence-corrected chi connectivity index (χ2v) is 4.24. The van der Waals surface area contributed by atoms with E-state index in [2.05, 4.69) is 16.6 Å². The molecule has 1 amide bonds. The van der Waals surface area contributed by atoms with E-state index in [1.165, 1.54) is 0 Å². The van der Waals surface area contributed by atoms with Crippen LogP contribution < -0.4 is 10.6 Å². The van der Waals surface area contributed by atoms with E-state index in [9.17, 15) is 38.2 Å². The van der Waals surface area contributed by atoms with Gasteiger partial charge in [0.15, 0.2) is 5.69 Å². The van der Waals surface area contributed by atoms with Crippen LogP contribution in [0.25, 0.3) is 0 Å². The van der Waals surface area contributed by atoms with Crippen molar-refractivity contribution in [2.75, 3.05) is 18.4 Å². The number of alkyl halides is 3. The van der Waals surface area contributed by atoms with Crippen molar-refractivity contribution in [3.63, 3.8) is 0 Å². The fourth-order valence-corrected chi connectivity index (χ4v) is 1.63. The van der Waals surface area contributed by atoms with E-state index < -0.39 is 51.1 Å². The van der Waals surface area contributed by atoms with Gasteiger partial charge in [-0.2, -0.15) is 13.2 Å². The lowest BCUT2D eigenvalue weighted by Crippen LogP contribution is -2.30. The molecule has 0 bridgehead atoms. The summed E-state index contributed by atoms with van der Waals surface area (Å²) in [6.45, 7) is -0.813. The first kappa shape index (κ1) is 18.7. The fourth-order valence-electron chi connectivity index (χ4n) is 1.63. The van der Waals surface area contributed by atoms with Gasteiger partial charge in [-0.15, -0.1) is 6.42 Å². The largest absolute Gasteiger partial charge is 0.416 e. The van der Waals surface area contributed by atoms with Gasteiger partial charge in [-0.1, -0.05) is 5.92 Å². The molecule has 0 radical (unpaired) electrons. The van der Waals surface area contributed by atoms with Gasteiger partial charge in [-0.3, -0.25) is 25.0 Å². The SMILES string of the molecule is C#CCNC(=O)CNc1c([N+](=O)[O-])cc(C(F)(F)F)cc1[N+](=O)[O-]. The zero-order valence-corrected chi connectivity index (χ0v) is 11.7. The molecule has 0 aromatic heterocycles. The number of nitrogens with one attached hydrogen (secondary N) is 2. The topological polar surface area (TPSA) is 127 Å². The third-order valence-corrected chi connectivity index (χ3v) is 2.63. The molecule has 0 saturated carbocycles. The minimum absolute atomic E-state index is 0.147. The summed E-state index contributed by atoms with van der Waals surface area (Å²) in [4.78, 5) is 30.8. The normalized spacial score (nSPS) is 10.6. The highest BCUT2D eigenvalue weighted by Gasteiger charge is 2.37. The van der Waals surface area contributed by atoms with Crippen LogP contribution in [-0.4, -0.2) is 28.8 Å². The first-order chi connectivity index (χ1) is 11.1. The van der Waals surface area contributed by atoms with E-state index in [1.807, 2.05) is 0 Å². The second kappa shape index (κ2) is 7.27. The Labute approximate surface area is 132 Å². The Morgan fingerprint density at radius 1 is 1.21 bits per heavy atom. The first-order valence-corrected chi connectivity index (χ1v) is 6.06. The zero-order valence-electron chi connectivity index (χ0n) is 11.7. The number of carbonyl (C=O) groups is 1. The van der Waals surface area contributed by atoms with Gasteiger partial charge in [0, 0.05) is 12.1 Å². The fraction of sp³-hybridized carbons (Fsp3) is 0.250. The number of hydrogen-bond acceptors (Lipinski definition) is 6. The minimum atomic E-state index is -5.02. The van der Waals surface area contributed by atoms with Gasteiger partial charge in [0.25, 0.3) is 11.4 Å². The van der Waals surface area contributed by atoms with Crippen LogP contribution in [0.4, 0.5) is 30.2 Å². The Morgan fingerprint density at radius 3 is 2.08 bits per heavy atom. The molecule has 0 heterocycles. The quantitative estimate of drug-likeness (QED) is 0.458. The molecule has 0 aliphatic rings. The van der Waals surface area contributed by atoms with Crippen molar-refractivity contribution in [2.24, 2.45) is 0 Å². The van der Waals surface area contributed by atoms with Gasteiger partial charge in [-0.25, -0.2) is 0 Å². The number of carbonyl (C=O) groups excluding carboxylic acids is 1. The molecule has 0 atom stereocenters. The Bertz CT molecular complexity index is 691. The van der Waals surface area contributed by atoms with Gasteiger partial charge < -0.3 is 10.6 Å². The summed E-state index contributed by atoms with van der Waals surface area (Å²) in [5.74, 6) is 1.33. The maximum atomic E-state index is 12.7. The maximum Gasteiger partial charge on any atom is 0.416 e. The molecule has 128 valence electrons. The van der Waals surface area contributed by atoms with Crippen molar-refractivity contribution < 1.29 is 27.8 Å². The lowest BCUT2D eigenvalue weighted by atomic mass is 10.1. The van der Waals surface area contributed by atoms with Crippen LogP contribution in [0.5, 0.6) is 0 Å². The number of nitro groups is 2. The summed E-state index contributed by atoms with van der Waals surface area (Å²) in [6.07, 6.45) is -0.117. The predicted molar refractivity (Wildman–Crippen MR) is 75.1 cm³/mol. The van der Waals surface area contributed by atoms with Crippen molar-refractivity contribution in [1.29, 1.82) is 0 Å². The highest BCUT2D eigenvalue weighted by molar-refractivity contribution is 5.84. The number of nitrogens with zero attached hydrogens (tertiary/aromatic N) is 2. The molecule has 9 nitrogen and oxygen atoms in total. The average Bonchev–Trinajstić information content (AvgIpc) is 2.48. The van der Waals surface area contributed by atoms with Gasteiger partial charge in [0.1, 0.15) is 0 Å². The third kappa shape index (κ3) is 4.57. The van der Waals surface area contributed by atoms with E-state index in [-0.39, 0.29) is 18.7 Å². The van der Waals surface area contributed by atoms with Crippen molar-refractivity contribution in [1.82, 2.24) is 5.32 Å². The molecule has 0 aliphatic heterocycles. The number of amides is 1. The molecule has 2 N–H and O–H groups in total. The van der Waals surface area contributed by atoms with Gasteiger partial charge in [0.05, 0.1) is 28.5 Å². The third-order valence-electron chi connectivity index (χ3n) is 2.63. The van der Waals surface area contributed by atoms with Crippen LogP contribution in [0.1, 0.15) is 5.56 Å². The number of benzene rings is 1. The number of halogens is 3. The van der Waals surface area contributed by atoms with Crippen LogP contribution in [-0.2, 0) is 11.0 Å². The summed E-state index contributed by atoms with van der Waals surface area (Å²) in [5, 5.41) is 26.2. The van der Waals surface area contributed by atoms with E-state index in [4.69, 9.17) is 6.42 Å². The summed E-state index contributed by atoms with van der Waals surface area (Å²) in [7, 11) is 0. The number of hydrogen-bond donors (Lipinski definition) is 2. The number of rotatable bonds is 6. The summed E-state index contributed by atoms with van der Waals surface area (Å²) >= 11 is 0. The molecule has 1 rings (SSSR count). The standard InChI is InChI=1S/C12H9F3N4O5/c1-2-3-16-10(20)6-17-11-8(18(21)22)4-7(12(13,14)15)5-9(11)19(23)24/h1,4-5,17H,3,6H2,(H,16,20). The lowest BCUT2D eigenvalue weighted by molar-refractivity contribution is -0.392. The average molecular weight is 346 g/mol. The number of terminal acetylenes is 1. The zero-order chi connectivity index (χ0) is 18.5. The number of nitro benzene ring substituents is 2. The van der Waals surface area contributed by atoms with Crippen molar-refractivity contribution in [3.05, 3.63) is 37.9 Å². The molecule has 0 spiro atoms. The van der Waals surface area contributed by atoms with Crippen molar-refractivity contribution in [2.45, 2.75) is 6.18 Å². The number of anilines is 1. The van der Waals surface area contributed by atoms with Crippen LogP contribution in [0.3, 0.4) is 0 Å². The predicted octanol–water partition coefficient (Wildman–Crippen LogP) is 1.68. The van der Waals surface area contributed by atoms with Gasteiger partial charge in [0.2, 0.25) is 5.91 Å². The molecule has 1 aromatic carbocycles. The highest BCUT2D eigenvalue weighted by Crippen LogP contribution is 2.40. The highest BCUT2D eigenvalue weighted by atomic mass is 19.4. The van der Waals surface area contributed by atoms with Crippen LogP contribution in [0, 0.1) is 32.6 Å². The van der Waals surface area contributed by atoms with Gasteiger partial charge >= 0.3 is 6.18 Å². The molecule has 0 fully saturated rings. The summed E-state index contributed by atoms with van der Waals surface area (Å²) in [5.41, 5.74) is -4.72. The maximum absolute atomic E-state index is 12.7. The van der Waals surface area contributed by atoms with E-state index in [0.29, 0.717) is 0 Å². The molecule has 0 unspecified atom stereocenters. The van der Waals surface area contributed by atoms with Crippen molar-refractivity contribution >= 4 is 23.0 Å².